The number of hydrogen-bond acceptors (Lipinski definition) is 13. The Hall–Kier alpha value is -7.40. The second-order valence-corrected chi connectivity index (χ2v) is 23.1. The van der Waals surface area contributed by atoms with Gasteiger partial charge in [-0.15, -0.1) is 22.7 Å². The number of benzene rings is 2. The van der Waals surface area contributed by atoms with Crippen LogP contribution in [0.4, 0.5) is 30.2 Å². The quantitative estimate of drug-likeness (QED) is 0.0280. The van der Waals surface area contributed by atoms with Crippen molar-refractivity contribution in [2.45, 2.75) is 105 Å². The summed E-state index contributed by atoms with van der Waals surface area (Å²) in [5.41, 5.74) is 9.07. The fraction of sp³-hybridized carbons (Fsp3) is 0.258. The number of isothiocyanates is 1. The van der Waals surface area contributed by atoms with Gasteiger partial charge in [0.2, 0.25) is 0 Å². The van der Waals surface area contributed by atoms with E-state index < -0.39 is 11.9 Å². The van der Waals surface area contributed by atoms with Gasteiger partial charge in [0.1, 0.15) is 17.2 Å². The zero-order valence-electron chi connectivity index (χ0n) is 45.9. The molecule has 19 heteroatoms. The summed E-state index contributed by atoms with van der Waals surface area (Å²) in [6.45, 7) is 18.2. The number of unbranched alkanes of at least 4 members (excludes halogenated alkanes) is 3. The molecule has 0 unspecified atom stereocenters. The van der Waals surface area contributed by atoms with Gasteiger partial charge in [0, 0.05) is 67.2 Å². The molecule has 81 heavy (non-hydrogen) atoms. The number of thiophene rings is 2. The van der Waals surface area contributed by atoms with Crippen LogP contribution in [-0.2, 0) is 52.5 Å². The van der Waals surface area contributed by atoms with Crippen LogP contribution in [0, 0.1) is 6.92 Å². The Morgan fingerprint density at radius 1 is 0.654 bits per heavy atom. The number of rotatable bonds is 17. The molecule has 0 N–H and O–H groups in total. The molecular formula is C62H59F3N8O4RuS3. The summed E-state index contributed by atoms with van der Waals surface area (Å²) in [4.78, 5) is 47.2. The summed E-state index contributed by atoms with van der Waals surface area (Å²) in [7, 11) is 0. The maximum Gasteiger partial charge on any atom is 2.00 e. The number of aryl methyl sites for hydroxylation is 2. The Morgan fingerprint density at radius 2 is 1.21 bits per heavy atom. The maximum absolute atomic E-state index is 12.9. The largest absolute Gasteiger partial charge is 2.00 e. The SMILES string of the molecule is CC(C)(C)c1ccc(N(c2ccc(C(C)(C)C)cc2)c2ccc(-c3cc(C(F)(F)F)n[n-]3)nc2)cc1.CCCCCCc1cc(C)sc1-c1ccc(-c2ccnc(-c3cc(OC=O)cc(-c4cc(OC=O)ccn4)n3)c2)s1.[N-]=C=S.[Ru+2]. The molecule has 0 amide bonds. The fourth-order valence-corrected chi connectivity index (χ4v) is 10.7. The Labute approximate surface area is 496 Å². The van der Waals surface area contributed by atoms with E-state index >= 15 is 0 Å². The normalized spacial score (nSPS) is 11.2. The molecule has 0 radical (unpaired) electrons. The van der Waals surface area contributed by atoms with Gasteiger partial charge in [0.15, 0.2) is 0 Å². The smallest absolute Gasteiger partial charge is 0.753 e. The molecule has 9 aromatic rings. The van der Waals surface area contributed by atoms with Crippen LogP contribution in [0.3, 0.4) is 0 Å². The van der Waals surface area contributed by atoms with Crippen molar-refractivity contribution in [2.75, 3.05) is 4.90 Å². The number of carbonyl (C=O) groups is 2. The van der Waals surface area contributed by atoms with Crippen molar-refractivity contribution in [3.8, 4) is 65.9 Å². The summed E-state index contributed by atoms with van der Waals surface area (Å²) in [5, 5.41) is 15.4. The molecule has 0 bridgehead atoms. The van der Waals surface area contributed by atoms with E-state index in [1.54, 1.807) is 54.1 Å². The minimum atomic E-state index is -4.54. The first-order valence-corrected chi connectivity index (χ1v) is 27.7. The molecule has 418 valence electrons. The van der Waals surface area contributed by atoms with Gasteiger partial charge in [-0.05, 0) is 132 Å². The number of thiocarbonyl (C=S) groups is 1. The van der Waals surface area contributed by atoms with Gasteiger partial charge in [-0.1, -0.05) is 110 Å². The number of halogens is 3. The number of carbonyl (C=O) groups excluding carboxylic acids is 2. The third-order valence-electron chi connectivity index (χ3n) is 12.6. The number of alkyl halides is 3. The average Bonchev–Trinajstić information content (AvgIpc) is 4.22. The van der Waals surface area contributed by atoms with Gasteiger partial charge >= 0.3 is 25.7 Å². The monoisotopic (exact) mass is 1230 g/mol. The molecule has 2 aromatic carbocycles. The number of ether oxygens (including phenoxy) is 2. The molecule has 7 aromatic heterocycles. The molecule has 7 heterocycles. The summed E-state index contributed by atoms with van der Waals surface area (Å²) < 4.78 is 48.9. The van der Waals surface area contributed by atoms with Crippen LogP contribution >= 0.6 is 34.9 Å². The molecule has 0 fully saturated rings. The van der Waals surface area contributed by atoms with E-state index in [9.17, 15) is 22.8 Å². The van der Waals surface area contributed by atoms with E-state index in [2.05, 4.69) is 164 Å². The number of pyridine rings is 4. The molecule has 0 aliphatic rings. The third-order valence-corrected chi connectivity index (χ3v) is 15.0. The molecule has 0 saturated heterocycles. The van der Waals surface area contributed by atoms with Crippen LogP contribution in [0.25, 0.3) is 59.8 Å². The molecular weight excluding hydrogens is 1170 g/mol. The fourth-order valence-electron chi connectivity index (χ4n) is 8.51. The van der Waals surface area contributed by atoms with E-state index in [-0.39, 0.29) is 36.0 Å². The van der Waals surface area contributed by atoms with E-state index in [1.807, 2.05) is 29.5 Å². The van der Waals surface area contributed by atoms with Crippen molar-refractivity contribution in [3.63, 3.8) is 0 Å². The van der Waals surface area contributed by atoms with Crippen LogP contribution in [0.15, 0.2) is 140 Å². The Bertz CT molecular complexity index is 3490. The van der Waals surface area contributed by atoms with Crippen molar-refractivity contribution >= 4 is 70.1 Å². The topological polar surface area (TPSA) is 157 Å². The number of nitrogens with zero attached hydrogens (tertiary/aromatic N) is 8. The van der Waals surface area contributed by atoms with Crippen LogP contribution in [-0.4, -0.2) is 43.1 Å². The minimum absolute atomic E-state index is 0. The van der Waals surface area contributed by atoms with Crippen LogP contribution in [0.5, 0.6) is 11.5 Å². The first-order chi connectivity index (χ1) is 38.2. The van der Waals surface area contributed by atoms with E-state index in [0.717, 1.165) is 40.0 Å². The zero-order valence-corrected chi connectivity index (χ0v) is 50.1. The Kier molecular flexibility index (Phi) is 22.0. The summed E-state index contributed by atoms with van der Waals surface area (Å²) in [6, 6.07) is 38.3. The van der Waals surface area contributed by atoms with Crippen LogP contribution < -0.4 is 19.5 Å². The third kappa shape index (κ3) is 16.8. The number of aromatic nitrogens is 6. The summed E-state index contributed by atoms with van der Waals surface area (Å²) in [5.74, 6) is 0.627. The average molecular weight is 1230 g/mol. The van der Waals surface area contributed by atoms with E-state index in [4.69, 9.17) is 19.9 Å². The van der Waals surface area contributed by atoms with Gasteiger partial charge < -0.3 is 30.0 Å². The predicted octanol–water partition coefficient (Wildman–Crippen LogP) is 17.0. The van der Waals surface area contributed by atoms with Crippen molar-refractivity contribution in [2.24, 2.45) is 0 Å². The summed E-state index contributed by atoms with van der Waals surface area (Å²) >= 11 is 7.33. The van der Waals surface area contributed by atoms with Crippen molar-refractivity contribution in [3.05, 3.63) is 173 Å². The van der Waals surface area contributed by atoms with Crippen LogP contribution in [0.1, 0.15) is 101 Å². The second kappa shape index (κ2) is 28.3. The standard InChI is InChI=1S/C32H29N3O4S2.C29H30F3N4.CNS.Ru/c1-3-4-5-6-7-23-14-21(2)40-32(23)31-9-8-30(41-31)22-10-12-33-26(15-22)28-17-25(39-20-37)18-29(35-28)27-16-24(38-19-36)11-13-34-27;1-27(2,3)19-7-11-21(12-8-19)36(22-13-9-20(10-14-22)28(4,5)6)23-15-16-24(33-18-23)25-17-26(35-34-25)29(30,31)32;2-1-3;/h8-20H,3-7H2,1-2H3;7-18H,1-6H3;;/q;2*-1;+2. The number of anilines is 3. The molecule has 9 rings (SSSR count). The predicted molar refractivity (Wildman–Crippen MR) is 317 cm³/mol. The molecule has 0 saturated carbocycles. The van der Waals surface area contributed by atoms with Gasteiger partial charge in [-0.3, -0.25) is 24.5 Å². The van der Waals surface area contributed by atoms with Gasteiger partial charge in [0.25, 0.3) is 12.9 Å². The molecule has 0 spiro atoms. The van der Waals surface area contributed by atoms with Gasteiger partial charge in [-0.2, -0.15) is 18.3 Å². The first-order valence-electron chi connectivity index (χ1n) is 25.6. The maximum atomic E-state index is 12.9. The van der Waals surface area contributed by atoms with Crippen molar-refractivity contribution in [1.82, 2.24) is 30.1 Å². The van der Waals surface area contributed by atoms with Crippen molar-refractivity contribution < 1.29 is 51.7 Å². The first kappa shape index (κ1) is 62.8. The Balaban J connectivity index is 0.000000248. The van der Waals surface area contributed by atoms with Crippen molar-refractivity contribution in [1.29, 1.82) is 0 Å². The molecule has 0 atom stereocenters. The Morgan fingerprint density at radius 3 is 1.75 bits per heavy atom. The molecule has 0 aliphatic heterocycles. The van der Waals surface area contributed by atoms with E-state index in [1.165, 1.54) is 68.4 Å². The molecule has 0 aliphatic carbocycles. The molecule has 12 nitrogen and oxygen atoms in total. The number of hydrogen-bond donors (Lipinski definition) is 0. The summed E-state index contributed by atoms with van der Waals surface area (Å²) in [6.07, 6.45) is 6.49. The van der Waals surface area contributed by atoms with E-state index in [0.29, 0.717) is 52.9 Å². The van der Waals surface area contributed by atoms with Crippen LogP contribution in [0.2, 0.25) is 0 Å². The zero-order chi connectivity index (χ0) is 57.6. The van der Waals surface area contributed by atoms with Gasteiger partial charge in [-0.25, -0.2) is 4.98 Å². The van der Waals surface area contributed by atoms with Gasteiger partial charge in [0.05, 0.1) is 34.7 Å². The second-order valence-electron chi connectivity index (χ2n) is 20.5. The minimum Gasteiger partial charge on any atom is -0.753 e.